The van der Waals surface area contributed by atoms with Gasteiger partial charge in [-0.05, 0) is 48.0 Å². The number of nitrogens with zero attached hydrogens (tertiary/aromatic N) is 7. The Morgan fingerprint density at radius 1 is 1.12 bits per heavy atom. The van der Waals surface area contributed by atoms with Gasteiger partial charge in [0.25, 0.3) is 0 Å². The molecule has 0 saturated heterocycles. The van der Waals surface area contributed by atoms with Crippen LogP contribution in [0.15, 0.2) is 61.9 Å². The molecule has 0 fully saturated rings. The summed E-state index contributed by atoms with van der Waals surface area (Å²) in [4.78, 5) is 16.7. The minimum atomic E-state index is -0.334. The Morgan fingerprint density at radius 2 is 1.94 bits per heavy atom. The van der Waals surface area contributed by atoms with Gasteiger partial charge in [0, 0.05) is 19.0 Å². The second-order valence-corrected chi connectivity index (χ2v) is 7.18. The van der Waals surface area contributed by atoms with Gasteiger partial charge in [-0.3, -0.25) is 0 Å². The highest BCUT2D eigenvalue weighted by atomic mass is 16.5. The fraction of sp³-hybridized carbons (Fsp3) is 0.273. The van der Waals surface area contributed by atoms with E-state index in [0.717, 1.165) is 16.6 Å². The van der Waals surface area contributed by atoms with Crippen molar-refractivity contribution in [1.82, 2.24) is 24.8 Å². The average Bonchev–Trinajstić information content (AvgIpc) is 3.38. The smallest absolute Gasteiger partial charge is 0.368 e. The molecule has 2 heterocycles. The third kappa shape index (κ3) is 4.20. The Morgan fingerprint density at radius 3 is 2.66 bits per heavy atom. The van der Waals surface area contributed by atoms with E-state index in [2.05, 4.69) is 25.6 Å². The first-order chi connectivity index (χ1) is 15.5. The standard InChI is InChI=1S/C22H23N7O3/c1-5-20(25-24-15(3)21-23-17-10-6-7-12-19(17)32-21)31-13-16-14(2)9-8-11-18(16)29-22(30)28(4)26-27-29/h6-12H,5,13H2,1-4H3/b24-15-,25-20+. The quantitative estimate of drug-likeness (QED) is 0.262. The molecule has 4 aromatic rings. The summed E-state index contributed by atoms with van der Waals surface area (Å²) in [7, 11) is 1.55. The van der Waals surface area contributed by atoms with E-state index in [1.54, 1.807) is 20.0 Å². The minimum absolute atomic E-state index is 0.204. The van der Waals surface area contributed by atoms with Crippen LogP contribution in [0.3, 0.4) is 0 Å². The lowest BCUT2D eigenvalue weighted by molar-refractivity contribution is 0.282. The Bertz CT molecular complexity index is 1340. The molecule has 4 rings (SSSR count). The van der Waals surface area contributed by atoms with Gasteiger partial charge >= 0.3 is 5.69 Å². The predicted octanol–water partition coefficient (Wildman–Crippen LogP) is 3.16. The molecule has 32 heavy (non-hydrogen) atoms. The highest BCUT2D eigenvalue weighted by molar-refractivity contribution is 5.96. The molecule has 0 unspecified atom stereocenters. The third-order valence-corrected chi connectivity index (χ3v) is 4.94. The summed E-state index contributed by atoms with van der Waals surface area (Å²) in [5.74, 6) is 0.856. The van der Waals surface area contributed by atoms with Crippen molar-refractivity contribution in [2.75, 3.05) is 0 Å². The van der Waals surface area contributed by atoms with Gasteiger partial charge in [-0.1, -0.05) is 31.2 Å². The van der Waals surface area contributed by atoms with Gasteiger partial charge in [0.1, 0.15) is 17.8 Å². The Hall–Kier alpha value is -4.08. The first-order valence-electron chi connectivity index (χ1n) is 10.2. The van der Waals surface area contributed by atoms with Crippen LogP contribution in [0.1, 0.15) is 37.3 Å². The molecule has 0 aliphatic carbocycles. The molecule has 0 bridgehead atoms. The number of ether oxygens (including phenoxy) is 1. The van der Waals surface area contributed by atoms with Gasteiger partial charge in [-0.15, -0.1) is 10.2 Å². The number of aromatic nitrogens is 5. The number of fused-ring (bicyclic) bond motifs is 1. The van der Waals surface area contributed by atoms with Crippen LogP contribution in [0.2, 0.25) is 0 Å². The van der Waals surface area contributed by atoms with Crippen molar-refractivity contribution < 1.29 is 9.15 Å². The van der Waals surface area contributed by atoms with Crippen LogP contribution in [0.4, 0.5) is 0 Å². The van der Waals surface area contributed by atoms with Crippen LogP contribution in [0.5, 0.6) is 0 Å². The van der Waals surface area contributed by atoms with Crippen LogP contribution >= 0.6 is 0 Å². The van der Waals surface area contributed by atoms with E-state index in [-0.39, 0.29) is 12.3 Å². The fourth-order valence-electron chi connectivity index (χ4n) is 3.10. The molecular weight excluding hydrogens is 410 g/mol. The van der Waals surface area contributed by atoms with E-state index >= 15 is 0 Å². The van der Waals surface area contributed by atoms with Crippen LogP contribution in [0, 0.1) is 6.92 Å². The fourth-order valence-corrected chi connectivity index (χ4v) is 3.10. The monoisotopic (exact) mass is 433 g/mol. The Labute approximate surface area is 183 Å². The Balaban J connectivity index is 1.56. The van der Waals surface area contributed by atoms with Crippen LogP contribution in [0.25, 0.3) is 16.8 Å². The van der Waals surface area contributed by atoms with Crippen molar-refractivity contribution in [2.45, 2.75) is 33.8 Å². The topological polar surface area (TPSA) is 113 Å². The van der Waals surface area contributed by atoms with Gasteiger partial charge in [0.05, 0.1) is 5.69 Å². The number of hydrogen-bond acceptors (Lipinski definition) is 8. The molecule has 0 N–H and O–H groups in total. The first kappa shape index (κ1) is 21.2. The zero-order chi connectivity index (χ0) is 22.7. The molecule has 0 atom stereocenters. The SMILES string of the molecule is CC/C(=N\N=C(\C)c1nc2ccccc2o1)OCc1c(C)cccc1-n1nnn(C)c1=O. The van der Waals surface area contributed by atoms with E-state index in [0.29, 0.717) is 35.2 Å². The molecule has 164 valence electrons. The van der Waals surface area contributed by atoms with Crippen molar-refractivity contribution in [3.63, 3.8) is 0 Å². The summed E-state index contributed by atoms with van der Waals surface area (Å²) >= 11 is 0. The van der Waals surface area contributed by atoms with Crippen molar-refractivity contribution in [2.24, 2.45) is 17.3 Å². The first-order valence-corrected chi connectivity index (χ1v) is 10.2. The molecule has 10 nitrogen and oxygen atoms in total. The third-order valence-electron chi connectivity index (χ3n) is 4.94. The van der Waals surface area contributed by atoms with Crippen LogP contribution < -0.4 is 5.69 Å². The van der Waals surface area contributed by atoms with E-state index in [1.807, 2.05) is 50.2 Å². The number of hydrogen-bond donors (Lipinski definition) is 0. The highest BCUT2D eigenvalue weighted by Crippen LogP contribution is 2.19. The van der Waals surface area contributed by atoms with E-state index in [1.165, 1.54) is 9.36 Å². The number of tetrazole rings is 1. The summed E-state index contributed by atoms with van der Waals surface area (Å²) in [6.07, 6.45) is 0.538. The lowest BCUT2D eigenvalue weighted by atomic mass is 10.1. The predicted molar refractivity (Wildman–Crippen MR) is 120 cm³/mol. The molecular formula is C22H23N7O3. The number of aryl methyl sites for hydroxylation is 2. The van der Waals surface area contributed by atoms with Crippen molar-refractivity contribution >= 4 is 22.7 Å². The lowest BCUT2D eigenvalue weighted by Gasteiger charge is -2.13. The van der Waals surface area contributed by atoms with E-state index < -0.39 is 0 Å². The normalized spacial score (nSPS) is 12.5. The summed E-state index contributed by atoms with van der Waals surface area (Å²) in [5, 5.41) is 16.2. The second kappa shape index (κ2) is 8.96. The maximum absolute atomic E-state index is 12.3. The van der Waals surface area contributed by atoms with Gasteiger partial charge in [0.2, 0.25) is 11.8 Å². The summed E-state index contributed by atoms with van der Waals surface area (Å²) in [6, 6.07) is 13.1. The van der Waals surface area contributed by atoms with Crippen LogP contribution in [-0.2, 0) is 18.4 Å². The lowest BCUT2D eigenvalue weighted by Crippen LogP contribution is -2.23. The number of para-hydroxylation sites is 2. The number of oxazole rings is 1. The van der Waals surface area contributed by atoms with Gasteiger partial charge < -0.3 is 9.15 Å². The zero-order valence-electron chi connectivity index (χ0n) is 18.3. The van der Waals surface area contributed by atoms with E-state index in [9.17, 15) is 4.79 Å². The van der Waals surface area contributed by atoms with Crippen LogP contribution in [-0.4, -0.2) is 36.4 Å². The highest BCUT2D eigenvalue weighted by Gasteiger charge is 2.14. The maximum atomic E-state index is 12.3. The van der Waals surface area contributed by atoms with Gasteiger partial charge in [-0.25, -0.2) is 9.78 Å². The summed E-state index contributed by atoms with van der Waals surface area (Å²) < 4.78 is 14.1. The number of benzene rings is 2. The van der Waals surface area contributed by atoms with Crippen molar-refractivity contribution in [3.05, 3.63) is 70.0 Å². The molecule has 0 amide bonds. The minimum Gasteiger partial charge on any atom is -0.475 e. The van der Waals surface area contributed by atoms with Crippen molar-refractivity contribution in [1.29, 1.82) is 0 Å². The number of rotatable bonds is 6. The molecule has 0 saturated carbocycles. The largest absolute Gasteiger partial charge is 0.475 e. The molecule has 0 aliphatic heterocycles. The molecule has 0 aliphatic rings. The molecule has 0 spiro atoms. The van der Waals surface area contributed by atoms with Crippen molar-refractivity contribution in [3.8, 4) is 5.69 Å². The average molecular weight is 433 g/mol. The zero-order valence-corrected chi connectivity index (χ0v) is 18.3. The van der Waals surface area contributed by atoms with Gasteiger partial charge in [0.15, 0.2) is 5.58 Å². The molecule has 10 heteroatoms. The van der Waals surface area contributed by atoms with Gasteiger partial charge in [-0.2, -0.15) is 9.36 Å². The molecule has 2 aromatic heterocycles. The Kier molecular flexibility index (Phi) is 5.93. The molecule has 2 aromatic carbocycles. The van der Waals surface area contributed by atoms with E-state index in [4.69, 9.17) is 9.15 Å². The molecule has 0 radical (unpaired) electrons. The summed E-state index contributed by atoms with van der Waals surface area (Å²) in [6.45, 7) is 5.85. The second-order valence-electron chi connectivity index (χ2n) is 7.18. The summed E-state index contributed by atoms with van der Waals surface area (Å²) in [5.41, 5.74) is 4.05. The maximum Gasteiger partial charge on any atom is 0.368 e.